The van der Waals surface area contributed by atoms with E-state index < -0.39 is 17.9 Å². The van der Waals surface area contributed by atoms with Gasteiger partial charge < -0.3 is 28.4 Å². The summed E-state index contributed by atoms with van der Waals surface area (Å²) in [6.45, 7) is 8.85. The third-order valence-corrected chi connectivity index (χ3v) is 5.82. The molecular formula is C20H35BrO6. The number of rotatable bonds is 10. The summed E-state index contributed by atoms with van der Waals surface area (Å²) in [5, 5.41) is 1.10. The van der Waals surface area contributed by atoms with E-state index in [-0.39, 0.29) is 24.4 Å². The highest BCUT2D eigenvalue weighted by atomic mass is 79.9. The van der Waals surface area contributed by atoms with Crippen molar-refractivity contribution >= 4 is 15.9 Å². The molecule has 0 aliphatic carbocycles. The standard InChI is InChI=1S/C20H35BrO6/c1-19(2)23-13-14(25-19)15-16(17-18(24-15)27-20(3,4)26-17)22-12-10-8-6-5-7-9-11-21/h14-18H,5-13H2,1-4H3/t14?,15-,16+,17-,18-/m1/s1. The quantitative estimate of drug-likeness (QED) is 0.368. The van der Waals surface area contributed by atoms with Crippen LogP contribution in [0.3, 0.4) is 0 Å². The molecule has 0 spiro atoms. The van der Waals surface area contributed by atoms with Crippen molar-refractivity contribution in [1.82, 2.24) is 0 Å². The lowest BCUT2D eigenvalue weighted by Crippen LogP contribution is -2.44. The second-order valence-corrected chi connectivity index (χ2v) is 9.38. The Morgan fingerprint density at radius 3 is 2.22 bits per heavy atom. The molecule has 0 radical (unpaired) electrons. The Morgan fingerprint density at radius 2 is 1.56 bits per heavy atom. The fraction of sp³-hybridized carbons (Fsp3) is 1.00. The molecule has 3 aliphatic heterocycles. The maximum Gasteiger partial charge on any atom is 0.190 e. The molecule has 7 heteroatoms. The highest BCUT2D eigenvalue weighted by Gasteiger charge is 2.58. The van der Waals surface area contributed by atoms with Gasteiger partial charge in [-0.25, -0.2) is 0 Å². The average Bonchev–Trinajstić information content (AvgIpc) is 3.19. The minimum Gasteiger partial charge on any atom is -0.372 e. The maximum absolute atomic E-state index is 6.26. The topological polar surface area (TPSA) is 55.4 Å². The van der Waals surface area contributed by atoms with Gasteiger partial charge in [0.2, 0.25) is 0 Å². The number of hydrogen-bond acceptors (Lipinski definition) is 6. The molecule has 158 valence electrons. The van der Waals surface area contributed by atoms with Crippen LogP contribution in [0.1, 0.15) is 66.2 Å². The van der Waals surface area contributed by atoms with Crippen molar-refractivity contribution < 1.29 is 28.4 Å². The van der Waals surface area contributed by atoms with Crippen LogP contribution in [0, 0.1) is 0 Å². The van der Waals surface area contributed by atoms with Crippen LogP contribution < -0.4 is 0 Å². The summed E-state index contributed by atoms with van der Waals surface area (Å²) >= 11 is 3.48. The zero-order valence-corrected chi connectivity index (χ0v) is 18.7. The van der Waals surface area contributed by atoms with Gasteiger partial charge in [0, 0.05) is 11.9 Å². The number of halogens is 1. The van der Waals surface area contributed by atoms with E-state index in [1.165, 1.54) is 32.1 Å². The monoisotopic (exact) mass is 450 g/mol. The molecule has 27 heavy (non-hydrogen) atoms. The second-order valence-electron chi connectivity index (χ2n) is 8.58. The Morgan fingerprint density at radius 1 is 0.852 bits per heavy atom. The van der Waals surface area contributed by atoms with Crippen molar-refractivity contribution in [2.75, 3.05) is 18.5 Å². The largest absolute Gasteiger partial charge is 0.372 e. The van der Waals surface area contributed by atoms with Crippen molar-refractivity contribution in [2.24, 2.45) is 0 Å². The van der Waals surface area contributed by atoms with Crippen molar-refractivity contribution in [3.05, 3.63) is 0 Å². The van der Waals surface area contributed by atoms with Crippen molar-refractivity contribution in [3.8, 4) is 0 Å². The first-order chi connectivity index (χ1) is 12.8. The maximum atomic E-state index is 6.26. The zero-order valence-electron chi connectivity index (χ0n) is 17.1. The normalized spacial score (nSPS) is 37.0. The van der Waals surface area contributed by atoms with Gasteiger partial charge in [0.05, 0.1) is 6.61 Å². The summed E-state index contributed by atoms with van der Waals surface area (Å²) < 4.78 is 36.1. The predicted molar refractivity (Wildman–Crippen MR) is 105 cm³/mol. The van der Waals surface area contributed by atoms with Crippen LogP contribution in [-0.4, -0.2) is 60.8 Å². The van der Waals surface area contributed by atoms with Crippen molar-refractivity contribution in [1.29, 1.82) is 0 Å². The van der Waals surface area contributed by atoms with Crippen molar-refractivity contribution in [3.63, 3.8) is 0 Å². The number of ether oxygens (including phenoxy) is 6. The predicted octanol–water partition coefficient (Wildman–Crippen LogP) is 4.14. The lowest BCUT2D eigenvalue weighted by atomic mass is 10.1. The minimum atomic E-state index is -0.649. The lowest BCUT2D eigenvalue weighted by Gasteiger charge is -2.29. The number of unbranched alkanes of at least 4 members (excludes halogenated alkanes) is 5. The second kappa shape index (κ2) is 9.37. The Hall–Kier alpha value is 0.240. The Bertz CT molecular complexity index is 471. The third kappa shape index (κ3) is 5.87. The van der Waals surface area contributed by atoms with Gasteiger partial charge in [-0.2, -0.15) is 0 Å². The first kappa shape index (κ1) is 21.9. The molecule has 1 unspecified atom stereocenters. The Kier molecular flexibility index (Phi) is 7.61. The van der Waals surface area contributed by atoms with E-state index in [1.807, 2.05) is 27.7 Å². The van der Waals surface area contributed by atoms with Crippen LogP contribution in [-0.2, 0) is 28.4 Å². The SMILES string of the molecule is CC1(C)OCC([C@H]2O[C@@H]3OC(C)(C)O[C@@H]3[C@H]2OCCCCCCCCBr)O1. The number of hydrogen-bond donors (Lipinski definition) is 0. The van der Waals surface area contributed by atoms with Crippen LogP contribution in [0.25, 0.3) is 0 Å². The molecule has 3 heterocycles. The van der Waals surface area contributed by atoms with Crippen LogP contribution in [0.4, 0.5) is 0 Å². The summed E-state index contributed by atoms with van der Waals surface area (Å²) in [4.78, 5) is 0. The molecule has 0 N–H and O–H groups in total. The molecule has 0 aromatic carbocycles. The molecular weight excluding hydrogens is 416 g/mol. The van der Waals surface area contributed by atoms with Gasteiger partial charge in [-0.1, -0.05) is 41.6 Å². The highest BCUT2D eigenvalue weighted by Crippen LogP contribution is 2.41. The van der Waals surface area contributed by atoms with Gasteiger partial charge in [-0.05, 0) is 40.5 Å². The van der Waals surface area contributed by atoms with Gasteiger partial charge in [0.25, 0.3) is 0 Å². The summed E-state index contributed by atoms with van der Waals surface area (Å²) in [7, 11) is 0. The molecule has 0 saturated carbocycles. The first-order valence-corrected chi connectivity index (χ1v) is 11.4. The molecule has 6 nitrogen and oxygen atoms in total. The Balaban J connectivity index is 1.49. The molecule has 0 aromatic rings. The van der Waals surface area contributed by atoms with Gasteiger partial charge in [-0.15, -0.1) is 0 Å². The van der Waals surface area contributed by atoms with Crippen LogP contribution >= 0.6 is 15.9 Å². The Labute approximate surface area is 171 Å². The summed E-state index contributed by atoms with van der Waals surface area (Å²) in [6.07, 6.45) is 6.09. The summed E-state index contributed by atoms with van der Waals surface area (Å²) in [5.41, 5.74) is 0. The minimum absolute atomic E-state index is 0.171. The van der Waals surface area contributed by atoms with E-state index in [1.54, 1.807) is 0 Å². The van der Waals surface area contributed by atoms with Gasteiger partial charge in [0.1, 0.15) is 24.4 Å². The van der Waals surface area contributed by atoms with Crippen LogP contribution in [0.2, 0.25) is 0 Å². The molecule has 0 amide bonds. The first-order valence-electron chi connectivity index (χ1n) is 10.3. The highest BCUT2D eigenvalue weighted by molar-refractivity contribution is 9.09. The lowest BCUT2D eigenvalue weighted by molar-refractivity contribution is -0.236. The van der Waals surface area contributed by atoms with Crippen molar-refractivity contribution in [2.45, 2.75) is 108 Å². The average molecular weight is 451 g/mol. The molecule has 0 aromatic heterocycles. The van der Waals surface area contributed by atoms with E-state index in [9.17, 15) is 0 Å². The molecule has 0 bridgehead atoms. The number of alkyl halides is 1. The molecule has 3 saturated heterocycles. The summed E-state index contributed by atoms with van der Waals surface area (Å²) in [5.74, 6) is -1.24. The van der Waals surface area contributed by atoms with E-state index in [4.69, 9.17) is 28.4 Å². The van der Waals surface area contributed by atoms with E-state index in [0.717, 1.165) is 11.8 Å². The fourth-order valence-electron chi connectivity index (χ4n) is 3.99. The molecule has 5 atom stereocenters. The van der Waals surface area contributed by atoms with Gasteiger partial charge in [0.15, 0.2) is 17.9 Å². The molecule has 3 rings (SSSR count). The molecule has 3 fully saturated rings. The van der Waals surface area contributed by atoms with Gasteiger partial charge in [-0.3, -0.25) is 0 Å². The van der Waals surface area contributed by atoms with Crippen LogP contribution in [0.15, 0.2) is 0 Å². The number of fused-ring (bicyclic) bond motifs is 1. The smallest absolute Gasteiger partial charge is 0.190 e. The van der Waals surface area contributed by atoms with Gasteiger partial charge >= 0.3 is 0 Å². The zero-order chi connectivity index (χ0) is 19.5. The molecule has 3 aliphatic rings. The van der Waals surface area contributed by atoms with E-state index in [2.05, 4.69) is 15.9 Å². The van der Waals surface area contributed by atoms with E-state index >= 15 is 0 Å². The fourth-order valence-corrected chi connectivity index (χ4v) is 4.39. The van der Waals surface area contributed by atoms with Crippen LogP contribution in [0.5, 0.6) is 0 Å². The van der Waals surface area contributed by atoms with E-state index in [0.29, 0.717) is 13.2 Å². The third-order valence-electron chi connectivity index (χ3n) is 5.26. The summed E-state index contributed by atoms with van der Waals surface area (Å²) in [6, 6.07) is 0.